The predicted molar refractivity (Wildman–Crippen MR) is 91.6 cm³/mol. The summed E-state index contributed by atoms with van der Waals surface area (Å²) in [4.78, 5) is 34.7. The van der Waals surface area contributed by atoms with E-state index in [1.54, 1.807) is 6.33 Å². The minimum absolute atomic E-state index is 0.0353. The van der Waals surface area contributed by atoms with Gasteiger partial charge in [0.15, 0.2) is 0 Å². The summed E-state index contributed by atoms with van der Waals surface area (Å²) in [6.45, 7) is 2.98. The van der Waals surface area contributed by atoms with Gasteiger partial charge in [-0.15, -0.1) is 0 Å². The molecule has 0 aromatic carbocycles. The molecule has 2 saturated carbocycles. The van der Waals surface area contributed by atoms with Crippen molar-refractivity contribution >= 4 is 11.8 Å². The van der Waals surface area contributed by atoms with Crippen LogP contribution in [0.2, 0.25) is 0 Å². The van der Waals surface area contributed by atoms with Gasteiger partial charge in [-0.05, 0) is 38.0 Å². The molecule has 3 heterocycles. The van der Waals surface area contributed by atoms with Crippen LogP contribution in [0.3, 0.4) is 0 Å². The number of carbonyl (C=O) groups is 2. The smallest absolute Gasteiger partial charge is 0.231 e. The first kappa shape index (κ1) is 15.4. The van der Waals surface area contributed by atoms with Gasteiger partial charge in [0, 0.05) is 51.3 Å². The lowest BCUT2D eigenvalue weighted by Crippen LogP contribution is -2.41. The molecule has 2 aliphatic carbocycles. The molecule has 1 spiro atoms. The average Bonchev–Trinajstić information content (AvgIpc) is 3.50. The second-order valence-corrected chi connectivity index (χ2v) is 8.61. The molecule has 6 heteroatoms. The topological polar surface area (TPSA) is 58.4 Å². The third kappa shape index (κ3) is 2.49. The molecule has 2 unspecified atom stereocenters. The van der Waals surface area contributed by atoms with E-state index in [1.165, 1.54) is 12.8 Å². The number of likely N-dealkylation sites (tertiary alicyclic amines) is 2. The van der Waals surface area contributed by atoms with Crippen LogP contribution < -0.4 is 0 Å². The van der Waals surface area contributed by atoms with Gasteiger partial charge in [-0.3, -0.25) is 9.59 Å². The van der Waals surface area contributed by atoms with E-state index in [4.69, 9.17) is 0 Å². The van der Waals surface area contributed by atoms with Crippen LogP contribution >= 0.6 is 0 Å². The molecular formula is C19H26N4O2. The van der Waals surface area contributed by atoms with Gasteiger partial charge in [-0.2, -0.15) is 0 Å². The summed E-state index contributed by atoms with van der Waals surface area (Å²) in [5.41, 5.74) is 0.517. The zero-order valence-corrected chi connectivity index (χ0v) is 14.9. The Morgan fingerprint density at radius 3 is 2.76 bits per heavy atom. The molecule has 0 N–H and O–H groups in total. The molecule has 0 radical (unpaired) electrons. The largest absolute Gasteiger partial charge is 0.342 e. The van der Waals surface area contributed by atoms with E-state index < -0.39 is 5.41 Å². The van der Waals surface area contributed by atoms with Crippen LogP contribution in [-0.2, 0) is 16.6 Å². The molecule has 4 fully saturated rings. The van der Waals surface area contributed by atoms with Crippen molar-refractivity contribution in [2.45, 2.75) is 38.0 Å². The van der Waals surface area contributed by atoms with Gasteiger partial charge in [0.05, 0.1) is 17.4 Å². The van der Waals surface area contributed by atoms with E-state index in [1.807, 2.05) is 22.7 Å². The first-order valence-electron chi connectivity index (χ1n) is 9.63. The fourth-order valence-electron chi connectivity index (χ4n) is 4.77. The Hall–Kier alpha value is -1.85. The summed E-state index contributed by atoms with van der Waals surface area (Å²) in [5.74, 6) is 1.47. The number of amides is 2. The third-order valence-corrected chi connectivity index (χ3v) is 6.58. The fourth-order valence-corrected chi connectivity index (χ4v) is 4.77. The lowest BCUT2D eigenvalue weighted by molar-refractivity contribution is -0.137. The fraction of sp³-hybridized carbons (Fsp3) is 0.737. The van der Waals surface area contributed by atoms with E-state index in [2.05, 4.69) is 9.88 Å². The Labute approximate surface area is 148 Å². The highest BCUT2D eigenvalue weighted by Gasteiger charge is 2.59. The van der Waals surface area contributed by atoms with Gasteiger partial charge in [-0.25, -0.2) is 4.98 Å². The van der Waals surface area contributed by atoms with E-state index in [-0.39, 0.29) is 23.7 Å². The van der Waals surface area contributed by atoms with E-state index in [0.29, 0.717) is 19.0 Å². The highest BCUT2D eigenvalue weighted by Crippen LogP contribution is 2.51. The van der Waals surface area contributed by atoms with Gasteiger partial charge in [0.25, 0.3) is 0 Å². The normalized spacial score (nSPS) is 32.2. The standard InChI is InChI=1S/C19H26N4O2/c1-21-10-16(20-12-21)15-9-23(17(24)14-4-5-14)11-19(15)6-7-22(18(19)25)8-13-2-3-13/h10,12-15H,2-9,11H2,1H3. The van der Waals surface area contributed by atoms with Crippen LogP contribution in [0.5, 0.6) is 0 Å². The number of hydrogen-bond donors (Lipinski definition) is 0. The van der Waals surface area contributed by atoms with Crippen LogP contribution in [0.4, 0.5) is 0 Å². The second kappa shape index (κ2) is 5.32. The summed E-state index contributed by atoms with van der Waals surface area (Å²) >= 11 is 0. The summed E-state index contributed by atoms with van der Waals surface area (Å²) in [7, 11) is 1.96. The lowest BCUT2D eigenvalue weighted by Gasteiger charge is -2.27. The van der Waals surface area contributed by atoms with Crippen molar-refractivity contribution in [2.24, 2.45) is 24.3 Å². The zero-order valence-electron chi connectivity index (χ0n) is 14.9. The maximum absolute atomic E-state index is 13.4. The van der Waals surface area contributed by atoms with Crippen molar-refractivity contribution in [2.75, 3.05) is 26.2 Å². The van der Waals surface area contributed by atoms with Crippen molar-refractivity contribution in [3.8, 4) is 0 Å². The van der Waals surface area contributed by atoms with E-state index in [0.717, 1.165) is 38.0 Å². The van der Waals surface area contributed by atoms with Crippen molar-refractivity contribution in [3.05, 3.63) is 18.2 Å². The molecular weight excluding hydrogens is 316 g/mol. The SMILES string of the molecule is Cn1cnc(C2CN(C(=O)C3CC3)CC23CCN(CC2CC2)C3=O)c1. The van der Waals surface area contributed by atoms with Gasteiger partial charge in [0.2, 0.25) is 11.8 Å². The molecule has 0 bridgehead atoms. The number of hydrogen-bond acceptors (Lipinski definition) is 3. The second-order valence-electron chi connectivity index (χ2n) is 8.61. The molecule has 1 aromatic heterocycles. The van der Waals surface area contributed by atoms with Crippen molar-refractivity contribution in [1.29, 1.82) is 0 Å². The van der Waals surface area contributed by atoms with Gasteiger partial charge < -0.3 is 14.4 Å². The molecule has 4 aliphatic rings. The minimum Gasteiger partial charge on any atom is -0.342 e. The van der Waals surface area contributed by atoms with Gasteiger partial charge >= 0.3 is 0 Å². The van der Waals surface area contributed by atoms with E-state index in [9.17, 15) is 9.59 Å². The molecule has 134 valence electrons. The van der Waals surface area contributed by atoms with Gasteiger partial charge in [0.1, 0.15) is 0 Å². The van der Waals surface area contributed by atoms with Crippen LogP contribution in [0.15, 0.2) is 12.5 Å². The molecule has 2 aliphatic heterocycles. The molecule has 1 aromatic rings. The molecule has 25 heavy (non-hydrogen) atoms. The Bertz CT molecular complexity index is 721. The maximum atomic E-state index is 13.4. The van der Waals surface area contributed by atoms with Crippen LogP contribution in [0.1, 0.15) is 43.7 Å². The zero-order chi connectivity index (χ0) is 17.2. The van der Waals surface area contributed by atoms with Gasteiger partial charge in [-0.1, -0.05) is 0 Å². The quantitative estimate of drug-likeness (QED) is 0.831. The predicted octanol–water partition coefficient (Wildman–Crippen LogP) is 1.38. The summed E-state index contributed by atoms with van der Waals surface area (Å²) < 4.78 is 1.94. The molecule has 2 atom stereocenters. The highest BCUT2D eigenvalue weighted by atomic mass is 16.2. The third-order valence-electron chi connectivity index (χ3n) is 6.58. The number of aromatic nitrogens is 2. The van der Waals surface area contributed by atoms with Crippen molar-refractivity contribution < 1.29 is 9.59 Å². The van der Waals surface area contributed by atoms with E-state index >= 15 is 0 Å². The first-order valence-corrected chi connectivity index (χ1v) is 9.63. The monoisotopic (exact) mass is 342 g/mol. The number of nitrogens with zero attached hydrogens (tertiary/aromatic N) is 4. The first-order chi connectivity index (χ1) is 12.1. The Balaban J connectivity index is 1.45. The number of carbonyl (C=O) groups excluding carboxylic acids is 2. The van der Waals surface area contributed by atoms with Crippen LogP contribution in [0.25, 0.3) is 0 Å². The Morgan fingerprint density at radius 1 is 1.32 bits per heavy atom. The lowest BCUT2D eigenvalue weighted by atomic mass is 9.75. The maximum Gasteiger partial charge on any atom is 0.231 e. The number of aryl methyl sites for hydroxylation is 1. The van der Waals surface area contributed by atoms with Crippen molar-refractivity contribution in [3.63, 3.8) is 0 Å². The Kier molecular flexibility index (Phi) is 3.28. The number of rotatable bonds is 4. The van der Waals surface area contributed by atoms with Crippen LogP contribution in [0, 0.1) is 17.3 Å². The number of imidazole rings is 1. The summed E-state index contributed by atoms with van der Waals surface area (Å²) in [5, 5.41) is 0. The summed E-state index contributed by atoms with van der Waals surface area (Å²) in [6.07, 6.45) is 9.22. The molecule has 6 nitrogen and oxygen atoms in total. The minimum atomic E-state index is -0.451. The summed E-state index contributed by atoms with van der Waals surface area (Å²) in [6, 6.07) is 0. The molecule has 5 rings (SSSR count). The molecule has 2 saturated heterocycles. The Morgan fingerprint density at radius 2 is 2.12 bits per heavy atom. The van der Waals surface area contributed by atoms with Crippen LogP contribution in [-0.4, -0.2) is 57.3 Å². The van der Waals surface area contributed by atoms with Crippen molar-refractivity contribution in [1.82, 2.24) is 19.4 Å². The highest BCUT2D eigenvalue weighted by molar-refractivity contribution is 5.89. The average molecular weight is 342 g/mol. The molecule has 2 amide bonds.